The molecule has 0 bridgehead atoms. The first kappa shape index (κ1) is 28.4. The largest absolute Gasteiger partial charge is 0.368 e. The van der Waals surface area contributed by atoms with E-state index in [1.807, 2.05) is 48.5 Å². The van der Waals surface area contributed by atoms with Crippen LogP contribution in [0.4, 0.5) is 5.69 Å². The third-order valence-electron chi connectivity index (χ3n) is 5.41. The summed E-state index contributed by atoms with van der Waals surface area (Å²) in [4.78, 5) is 14.2. The lowest BCUT2D eigenvalue weighted by Crippen LogP contribution is -2.21. The average molecular weight is 590 g/mol. The van der Waals surface area contributed by atoms with Crippen LogP contribution in [0.2, 0.25) is 10.0 Å². The minimum atomic E-state index is -3.62. The first-order chi connectivity index (χ1) is 18.4. The Bertz CT molecular complexity index is 1480. The maximum atomic E-state index is 13.8. The van der Waals surface area contributed by atoms with Gasteiger partial charge in [0.15, 0.2) is 5.78 Å². The molecule has 0 aliphatic carbocycles. The van der Waals surface area contributed by atoms with Gasteiger partial charge in [0.25, 0.3) is 5.56 Å². The molecular formula is C27H26Cl2N3O4PS. The molecule has 1 unspecified atom stereocenters. The standard InChI is InChI=1S/C27H26Cl2N3O4PS/c1-3-35-37(34,36-4-2)26(22-12-8-9-13-23(22)28)31-19-14-16-21(17-15-19)38-24-18-30-32(27(33)25(24)29)20-10-6-5-7-11-20/h5-18,26,31H,3-4H2,1-2H3. The molecule has 11 heteroatoms. The number of aromatic nitrogens is 2. The van der Waals surface area contributed by atoms with Crippen molar-refractivity contribution in [1.29, 1.82) is 0 Å². The number of anilines is 1. The molecular weight excluding hydrogens is 564 g/mol. The van der Waals surface area contributed by atoms with E-state index in [4.69, 9.17) is 32.2 Å². The number of halogens is 2. The normalized spacial score (nSPS) is 12.3. The minimum absolute atomic E-state index is 0.0872. The third-order valence-corrected chi connectivity index (χ3v) is 9.54. The zero-order valence-corrected chi connectivity index (χ0v) is 23.9. The molecule has 1 aromatic heterocycles. The van der Waals surface area contributed by atoms with Crippen molar-refractivity contribution in [2.24, 2.45) is 0 Å². The Hall–Kier alpha value is -2.58. The van der Waals surface area contributed by atoms with Crippen LogP contribution in [0.25, 0.3) is 5.69 Å². The zero-order valence-electron chi connectivity index (χ0n) is 20.7. The first-order valence-corrected chi connectivity index (χ1v) is 15.1. The van der Waals surface area contributed by atoms with Crippen molar-refractivity contribution >= 4 is 48.2 Å². The third kappa shape index (κ3) is 6.52. The number of nitrogens with zero attached hydrogens (tertiary/aromatic N) is 2. The van der Waals surface area contributed by atoms with Gasteiger partial charge in [-0.3, -0.25) is 9.36 Å². The minimum Gasteiger partial charge on any atom is -0.368 e. The van der Waals surface area contributed by atoms with Crippen molar-refractivity contribution in [3.8, 4) is 5.69 Å². The van der Waals surface area contributed by atoms with Gasteiger partial charge < -0.3 is 14.4 Å². The maximum absolute atomic E-state index is 13.8. The highest BCUT2D eigenvalue weighted by Crippen LogP contribution is 2.61. The monoisotopic (exact) mass is 589 g/mol. The van der Waals surface area contributed by atoms with E-state index >= 15 is 0 Å². The SMILES string of the molecule is CCOP(=O)(OCC)C(Nc1ccc(Sc2cnn(-c3ccccc3)c(=O)c2Cl)cc1)c1ccccc1Cl. The molecule has 0 spiro atoms. The van der Waals surface area contributed by atoms with Crippen molar-refractivity contribution in [2.75, 3.05) is 18.5 Å². The number of nitrogens with one attached hydrogen (secondary N) is 1. The second-order valence-corrected chi connectivity index (χ2v) is 12.0. The van der Waals surface area contributed by atoms with Crippen LogP contribution >= 0.6 is 42.6 Å². The van der Waals surface area contributed by atoms with E-state index in [0.29, 0.717) is 26.9 Å². The Morgan fingerprint density at radius 3 is 2.21 bits per heavy atom. The van der Waals surface area contributed by atoms with Crippen molar-refractivity contribution in [3.63, 3.8) is 0 Å². The van der Waals surface area contributed by atoms with Gasteiger partial charge >= 0.3 is 7.60 Å². The van der Waals surface area contributed by atoms with Gasteiger partial charge in [0.2, 0.25) is 0 Å². The van der Waals surface area contributed by atoms with Crippen LogP contribution in [0, 0.1) is 0 Å². The van der Waals surface area contributed by atoms with Gasteiger partial charge in [-0.25, -0.2) is 0 Å². The summed E-state index contributed by atoms with van der Waals surface area (Å²) in [6.45, 7) is 3.96. The number of rotatable bonds is 11. The zero-order chi connectivity index (χ0) is 27.1. The fourth-order valence-corrected chi connectivity index (χ4v) is 7.05. The predicted octanol–water partition coefficient (Wildman–Crippen LogP) is 8.07. The van der Waals surface area contributed by atoms with Gasteiger partial charge in [-0.1, -0.05) is 71.4 Å². The lowest BCUT2D eigenvalue weighted by atomic mass is 10.2. The molecule has 1 atom stereocenters. The van der Waals surface area contributed by atoms with Crippen molar-refractivity contribution < 1.29 is 13.6 Å². The number of hydrogen-bond acceptors (Lipinski definition) is 7. The van der Waals surface area contributed by atoms with Gasteiger partial charge in [-0.05, 0) is 56.3 Å². The Labute approximate surface area is 235 Å². The predicted molar refractivity (Wildman–Crippen MR) is 154 cm³/mol. The van der Waals surface area contributed by atoms with E-state index in [2.05, 4.69) is 10.4 Å². The van der Waals surface area contributed by atoms with Crippen LogP contribution in [0.3, 0.4) is 0 Å². The Kier molecular flexibility index (Phi) is 9.71. The first-order valence-electron chi connectivity index (χ1n) is 11.9. The molecule has 198 valence electrons. The number of hydrogen-bond donors (Lipinski definition) is 1. The van der Waals surface area contributed by atoms with Gasteiger partial charge in [0.1, 0.15) is 5.02 Å². The molecule has 0 aliphatic rings. The highest BCUT2D eigenvalue weighted by molar-refractivity contribution is 7.99. The average Bonchev–Trinajstić information content (AvgIpc) is 2.92. The summed E-state index contributed by atoms with van der Waals surface area (Å²) in [7, 11) is -3.62. The molecule has 7 nitrogen and oxygen atoms in total. The van der Waals surface area contributed by atoms with E-state index in [1.165, 1.54) is 16.4 Å². The lowest BCUT2D eigenvalue weighted by Gasteiger charge is -2.28. The second-order valence-electron chi connectivity index (χ2n) is 7.95. The molecule has 0 aliphatic heterocycles. The maximum Gasteiger partial charge on any atom is 0.357 e. The van der Waals surface area contributed by atoms with Gasteiger partial charge in [0.05, 0.1) is 30.0 Å². The summed E-state index contributed by atoms with van der Waals surface area (Å²) in [6, 6.07) is 23.6. The molecule has 3 aromatic carbocycles. The van der Waals surface area contributed by atoms with Crippen LogP contribution in [-0.4, -0.2) is 23.0 Å². The second kappa shape index (κ2) is 13.0. The molecule has 1 heterocycles. The highest BCUT2D eigenvalue weighted by Gasteiger charge is 2.38. The van der Waals surface area contributed by atoms with Crippen molar-refractivity contribution in [2.45, 2.75) is 29.4 Å². The van der Waals surface area contributed by atoms with E-state index in [-0.39, 0.29) is 18.2 Å². The number of benzene rings is 3. The highest BCUT2D eigenvalue weighted by atomic mass is 35.5. The summed E-state index contributed by atoms with van der Waals surface area (Å²) in [5.74, 6) is -0.821. The smallest absolute Gasteiger partial charge is 0.357 e. The Morgan fingerprint density at radius 1 is 0.947 bits per heavy atom. The summed E-state index contributed by atoms with van der Waals surface area (Å²) >= 11 is 14.2. The van der Waals surface area contributed by atoms with Gasteiger partial charge in [-0.2, -0.15) is 9.78 Å². The van der Waals surface area contributed by atoms with Crippen LogP contribution in [0.1, 0.15) is 25.2 Å². The molecule has 4 aromatic rings. The molecule has 0 saturated heterocycles. The summed E-state index contributed by atoms with van der Waals surface area (Å²) in [5.41, 5.74) is 1.53. The van der Waals surface area contributed by atoms with Crippen LogP contribution < -0.4 is 10.9 Å². The van der Waals surface area contributed by atoms with Gasteiger partial charge in [-0.15, -0.1) is 0 Å². The number of para-hydroxylation sites is 1. The van der Waals surface area contributed by atoms with Crippen molar-refractivity contribution in [1.82, 2.24) is 9.78 Å². The summed E-state index contributed by atoms with van der Waals surface area (Å²) in [5, 5.41) is 8.10. The lowest BCUT2D eigenvalue weighted by molar-refractivity contribution is 0.214. The van der Waals surface area contributed by atoms with E-state index in [1.54, 1.807) is 50.4 Å². The van der Waals surface area contributed by atoms with Crippen LogP contribution in [0.5, 0.6) is 0 Å². The molecule has 0 saturated carbocycles. The molecule has 0 fully saturated rings. The molecule has 4 rings (SSSR count). The van der Waals surface area contributed by atoms with Crippen molar-refractivity contribution in [3.05, 3.63) is 111 Å². The van der Waals surface area contributed by atoms with E-state index in [0.717, 1.165) is 4.90 Å². The quantitative estimate of drug-likeness (QED) is 0.177. The molecule has 0 amide bonds. The molecule has 0 radical (unpaired) electrons. The summed E-state index contributed by atoms with van der Waals surface area (Å²) in [6.07, 6.45) is 1.57. The Morgan fingerprint density at radius 2 is 1.58 bits per heavy atom. The Balaban J connectivity index is 1.58. The molecule has 38 heavy (non-hydrogen) atoms. The molecule has 1 N–H and O–H groups in total. The summed E-state index contributed by atoms with van der Waals surface area (Å²) < 4.78 is 26.3. The van der Waals surface area contributed by atoms with Gasteiger partial charge in [0, 0.05) is 21.2 Å². The van der Waals surface area contributed by atoms with E-state index < -0.39 is 18.9 Å². The topological polar surface area (TPSA) is 82.4 Å². The fraction of sp³-hybridized carbons (Fsp3) is 0.185. The van der Waals surface area contributed by atoms with Crippen LogP contribution in [-0.2, 0) is 13.6 Å². The van der Waals surface area contributed by atoms with Crippen LogP contribution in [0.15, 0.2) is 99.6 Å². The fourth-order valence-electron chi connectivity index (χ4n) is 3.72. The van der Waals surface area contributed by atoms with E-state index in [9.17, 15) is 9.36 Å².